The number of hydrogen-bond acceptors (Lipinski definition) is 6. The Hall–Kier alpha value is -3.91. The normalized spacial score (nSPS) is 18.0. The summed E-state index contributed by atoms with van der Waals surface area (Å²) >= 11 is 0. The van der Waals surface area contributed by atoms with Gasteiger partial charge in [-0.3, -0.25) is 9.69 Å². The predicted octanol–water partition coefficient (Wildman–Crippen LogP) is 4.34. The maximum absolute atomic E-state index is 14.2. The lowest BCUT2D eigenvalue weighted by Gasteiger charge is -2.36. The van der Waals surface area contributed by atoms with Crippen LogP contribution in [0.25, 0.3) is 0 Å². The second-order valence-corrected chi connectivity index (χ2v) is 9.19. The molecule has 2 aliphatic heterocycles. The van der Waals surface area contributed by atoms with Gasteiger partial charge in [0, 0.05) is 44.2 Å². The number of ether oxygens (including phenoxy) is 2. The third kappa shape index (κ3) is 5.29. The van der Waals surface area contributed by atoms with Crippen LogP contribution in [0.5, 0.6) is 11.5 Å². The number of halogens is 1. The summed E-state index contributed by atoms with van der Waals surface area (Å²) in [7, 11) is 3.23. The molecule has 1 unspecified atom stereocenters. The van der Waals surface area contributed by atoms with Crippen molar-refractivity contribution in [2.75, 3.05) is 51.8 Å². The first kappa shape index (κ1) is 24.8. The van der Waals surface area contributed by atoms with Crippen molar-refractivity contribution in [1.82, 2.24) is 9.91 Å². The first-order valence-corrected chi connectivity index (χ1v) is 12.5. The Morgan fingerprint density at radius 3 is 2.38 bits per heavy atom. The molecule has 5 rings (SSSR count). The number of para-hydroxylation sites is 1. The van der Waals surface area contributed by atoms with Crippen LogP contribution in [0.1, 0.15) is 23.6 Å². The summed E-state index contributed by atoms with van der Waals surface area (Å²) in [4.78, 5) is 17.8. The molecule has 3 aromatic rings. The number of anilines is 1. The van der Waals surface area contributed by atoms with E-state index < -0.39 is 0 Å². The molecule has 7 nitrogen and oxygen atoms in total. The largest absolute Gasteiger partial charge is 0.497 e. The molecule has 1 amide bonds. The van der Waals surface area contributed by atoms with Crippen LogP contribution in [0.4, 0.5) is 10.1 Å². The smallest absolute Gasteiger partial charge is 0.257 e. The Bertz CT molecular complexity index is 1280. The van der Waals surface area contributed by atoms with Crippen LogP contribution < -0.4 is 14.4 Å². The lowest BCUT2D eigenvalue weighted by atomic mass is 9.97. The van der Waals surface area contributed by atoms with Gasteiger partial charge in [0.15, 0.2) is 0 Å². The van der Waals surface area contributed by atoms with E-state index in [9.17, 15) is 9.18 Å². The van der Waals surface area contributed by atoms with Gasteiger partial charge >= 0.3 is 0 Å². The highest BCUT2D eigenvalue weighted by molar-refractivity contribution is 6.03. The SMILES string of the molecule is COc1ccc(C2CC(c3ccccc3)=NN2C(=O)CN2CCN(c3ccccc3F)CC2)c(OC)c1. The molecule has 192 valence electrons. The molecule has 3 aromatic carbocycles. The standard InChI is InChI=1S/C29H31FN4O3/c1-36-22-12-13-23(28(18-22)37-2)27-19-25(21-8-4-3-5-9-21)31-34(27)29(35)20-32-14-16-33(17-15-32)26-11-7-6-10-24(26)30/h3-13,18,27H,14-17,19-20H2,1-2H3. The molecule has 0 saturated carbocycles. The van der Waals surface area contributed by atoms with E-state index in [-0.39, 0.29) is 24.3 Å². The van der Waals surface area contributed by atoms with Gasteiger partial charge in [-0.2, -0.15) is 5.10 Å². The molecule has 37 heavy (non-hydrogen) atoms. The van der Waals surface area contributed by atoms with Gasteiger partial charge in [-0.15, -0.1) is 0 Å². The minimum atomic E-state index is -0.289. The number of amides is 1. The number of piperazine rings is 1. The molecule has 0 N–H and O–H groups in total. The summed E-state index contributed by atoms with van der Waals surface area (Å²) in [5.41, 5.74) is 3.35. The second-order valence-electron chi connectivity index (χ2n) is 9.19. The average Bonchev–Trinajstić information content (AvgIpc) is 3.39. The third-order valence-corrected chi connectivity index (χ3v) is 7.00. The maximum atomic E-state index is 14.2. The van der Waals surface area contributed by atoms with Gasteiger partial charge in [0.2, 0.25) is 0 Å². The molecule has 0 radical (unpaired) electrons. The highest BCUT2D eigenvalue weighted by Gasteiger charge is 2.36. The molecule has 0 bridgehead atoms. The Labute approximate surface area is 216 Å². The molecule has 0 aliphatic carbocycles. The number of carbonyl (C=O) groups excluding carboxylic acids is 1. The van der Waals surface area contributed by atoms with E-state index in [1.807, 2.05) is 59.5 Å². The maximum Gasteiger partial charge on any atom is 0.257 e. The lowest BCUT2D eigenvalue weighted by molar-refractivity contribution is -0.134. The summed E-state index contributed by atoms with van der Waals surface area (Å²) < 4.78 is 25.3. The number of hydrogen-bond donors (Lipinski definition) is 0. The zero-order chi connectivity index (χ0) is 25.8. The highest BCUT2D eigenvalue weighted by atomic mass is 19.1. The van der Waals surface area contributed by atoms with Gasteiger partial charge in [0.25, 0.3) is 5.91 Å². The number of benzene rings is 3. The van der Waals surface area contributed by atoms with Crippen molar-refractivity contribution < 1.29 is 18.7 Å². The Morgan fingerprint density at radius 1 is 0.946 bits per heavy atom. The van der Waals surface area contributed by atoms with Gasteiger partial charge in [0.05, 0.1) is 38.2 Å². The molecule has 0 aromatic heterocycles. The van der Waals surface area contributed by atoms with E-state index in [0.29, 0.717) is 49.8 Å². The fourth-order valence-corrected chi connectivity index (χ4v) is 5.00. The second kappa shape index (κ2) is 11.0. The quantitative estimate of drug-likeness (QED) is 0.481. The Balaban J connectivity index is 1.34. The summed E-state index contributed by atoms with van der Waals surface area (Å²) in [6, 6.07) is 22.1. The summed E-state index contributed by atoms with van der Waals surface area (Å²) in [6.07, 6.45) is 0.583. The number of hydrazone groups is 1. The molecule has 0 spiro atoms. The van der Waals surface area contributed by atoms with Crippen LogP contribution in [-0.4, -0.2) is 68.5 Å². The first-order valence-electron chi connectivity index (χ1n) is 12.5. The number of rotatable bonds is 7. The van der Waals surface area contributed by atoms with Crippen molar-refractivity contribution in [1.29, 1.82) is 0 Å². The number of nitrogens with zero attached hydrogens (tertiary/aromatic N) is 4. The van der Waals surface area contributed by atoms with Gasteiger partial charge in [-0.25, -0.2) is 9.40 Å². The van der Waals surface area contributed by atoms with Crippen LogP contribution >= 0.6 is 0 Å². The van der Waals surface area contributed by atoms with Crippen LogP contribution in [0.15, 0.2) is 77.9 Å². The zero-order valence-corrected chi connectivity index (χ0v) is 21.1. The van der Waals surface area contributed by atoms with E-state index in [1.165, 1.54) is 6.07 Å². The van der Waals surface area contributed by atoms with E-state index in [2.05, 4.69) is 4.90 Å². The van der Waals surface area contributed by atoms with E-state index in [4.69, 9.17) is 14.6 Å². The summed E-state index contributed by atoms with van der Waals surface area (Å²) in [5, 5.41) is 6.41. The van der Waals surface area contributed by atoms with Crippen molar-refractivity contribution >= 4 is 17.3 Å². The van der Waals surface area contributed by atoms with Crippen molar-refractivity contribution in [3.8, 4) is 11.5 Å². The molecular weight excluding hydrogens is 471 g/mol. The van der Waals surface area contributed by atoms with E-state index in [1.54, 1.807) is 31.4 Å². The number of carbonyl (C=O) groups is 1. The van der Waals surface area contributed by atoms with Gasteiger partial charge in [0.1, 0.15) is 17.3 Å². The third-order valence-electron chi connectivity index (χ3n) is 7.00. The average molecular weight is 503 g/mol. The molecule has 2 heterocycles. The fraction of sp³-hybridized carbons (Fsp3) is 0.310. The minimum Gasteiger partial charge on any atom is -0.497 e. The van der Waals surface area contributed by atoms with Crippen LogP contribution in [0.2, 0.25) is 0 Å². The highest BCUT2D eigenvalue weighted by Crippen LogP contribution is 2.39. The molecule has 1 atom stereocenters. The van der Waals surface area contributed by atoms with Gasteiger partial charge in [-0.05, 0) is 29.8 Å². The molecule has 1 saturated heterocycles. The zero-order valence-electron chi connectivity index (χ0n) is 21.1. The minimum absolute atomic E-state index is 0.0758. The van der Waals surface area contributed by atoms with Crippen molar-refractivity contribution in [3.63, 3.8) is 0 Å². The van der Waals surface area contributed by atoms with Crippen LogP contribution in [0, 0.1) is 5.82 Å². The fourth-order valence-electron chi connectivity index (χ4n) is 5.00. The summed E-state index contributed by atoms with van der Waals surface area (Å²) in [5.74, 6) is 1.05. The van der Waals surface area contributed by atoms with Crippen molar-refractivity contribution in [2.45, 2.75) is 12.5 Å². The number of methoxy groups -OCH3 is 2. The molecule has 8 heteroatoms. The summed E-state index contributed by atoms with van der Waals surface area (Å²) in [6.45, 7) is 2.88. The monoisotopic (exact) mass is 502 g/mol. The Morgan fingerprint density at radius 2 is 1.68 bits per heavy atom. The first-order chi connectivity index (χ1) is 18.1. The Kier molecular flexibility index (Phi) is 7.37. The van der Waals surface area contributed by atoms with Gasteiger partial charge < -0.3 is 14.4 Å². The van der Waals surface area contributed by atoms with E-state index in [0.717, 1.165) is 16.8 Å². The molecule has 1 fully saturated rings. The van der Waals surface area contributed by atoms with Crippen LogP contribution in [-0.2, 0) is 4.79 Å². The van der Waals surface area contributed by atoms with Crippen molar-refractivity contribution in [3.05, 3.63) is 89.7 Å². The molecular formula is C29H31FN4O3. The lowest BCUT2D eigenvalue weighted by Crippen LogP contribution is -2.49. The predicted molar refractivity (Wildman–Crippen MR) is 142 cm³/mol. The topological polar surface area (TPSA) is 57.6 Å². The van der Waals surface area contributed by atoms with Crippen molar-refractivity contribution in [2.24, 2.45) is 5.10 Å². The van der Waals surface area contributed by atoms with Crippen LogP contribution in [0.3, 0.4) is 0 Å². The molecule has 2 aliphatic rings. The van der Waals surface area contributed by atoms with E-state index >= 15 is 0 Å². The van der Waals surface area contributed by atoms with Gasteiger partial charge in [-0.1, -0.05) is 42.5 Å².